The number of benzene rings is 2. The molecule has 1 atom stereocenters. The third-order valence-electron chi connectivity index (χ3n) is 4.85. The molecule has 0 bridgehead atoms. The molecule has 1 aliphatic heterocycles. The summed E-state index contributed by atoms with van der Waals surface area (Å²) in [6, 6.07) is 12.5. The lowest BCUT2D eigenvalue weighted by atomic mass is 10.1. The summed E-state index contributed by atoms with van der Waals surface area (Å²) < 4.78 is 6.38. The number of carbonyl (C=O) groups excluding carboxylic acids is 3. The molecule has 3 rings (SSSR count). The molecule has 1 aliphatic rings. The summed E-state index contributed by atoms with van der Waals surface area (Å²) in [5.74, 6) is 0.0541. The van der Waals surface area contributed by atoms with Crippen LogP contribution in [-0.2, 0) is 4.79 Å². The highest BCUT2D eigenvalue weighted by Gasteiger charge is 2.35. The Hall–Kier alpha value is -2.67. The van der Waals surface area contributed by atoms with E-state index in [1.165, 1.54) is 4.90 Å². The summed E-state index contributed by atoms with van der Waals surface area (Å²) in [5.41, 5.74) is 1.79. The number of hydrogen-bond donors (Lipinski definition) is 1. The van der Waals surface area contributed by atoms with Gasteiger partial charge in [0.2, 0.25) is 5.91 Å². The van der Waals surface area contributed by atoms with Crippen molar-refractivity contribution in [2.75, 3.05) is 6.54 Å². The van der Waals surface area contributed by atoms with Gasteiger partial charge in [0.1, 0.15) is 5.75 Å². The average Bonchev–Trinajstić information content (AvgIpc) is 2.92. The number of rotatable bonds is 8. The van der Waals surface area contributed by atoms with Crippen LogP contribution in [0, 0.1) is 0 Å². The number of imide groups is 1. The van der Waals surface area contributed by atoms with Gasteiger partial charge in [0.05, 0.1) is 23.3 Å². The first-order valence-corrected chi connectivity index (χ1v) is 10.8. The molecular weight excluding hydrogens is 448 g/mol. The molecule has 1 heterocycles. The van der Waals surface area contributed by atoms with Crippen molar-refractivity contribution in [3.63, 3.8) is 0 Å². The molecule has 0 spiro atoms. The fraction of sp³-hybridized carbons (Fsp3) is 0.348. The summed E-state index contributed by atoms with van der Waals surface area (Å²) in [6.45, 7) is 6.07. The van der Waals surface area contributed by atoms with E-state index in [4.69, 9.17) is 4.74 Å². The second-order valence-corrected chi connectivity index (χ2v) is 8.50. The number of hydrogen-bond acceptors (Lipinski definition) is 4. The molecule has 7 heteroatoms. The SMILES string of the molecule is CC(C)Oc1ccc(C(C)NC(=O)CCCN2C(=O)c3ccc(Br)cc3C2=O)cc1. The van der Waals surface area contributed by atoms with Crippen LogP contribution in [0.3, 0.4) is 0 Å². The van der Waals surface area contributed by atoms with E-state index < -0.39 is 0 Å². The van der Waals surface area contributed by atoms with Crippen molar-refractivity contribution in [2.45, 2.75) is 45.8 Å². The number of nitrogens with zero attached hydrogens (tertiary/aromatic N) is 1. The first kappa shape index (κ1) is 22.0. The molecule has 0 saturated carbocycles. The summed E-state index contributed by atoms with van der Waals surface area (Å²) in [4.78, 5) is 38.4. The highest BCUT2D eigenvalue weighted by molar-refractivity contribution is 9.10. The number of ether oxygens (including phenoxy) is 1. The smallest absolute Gasteiger partial charge is 0.261 e. The van der Waals surface area contributed by atoms with Crippen LogP contribution in [0.5, 0.6) is 5.75 Å². The van der Waals surface area contributed by atoms with E-state index in [1.54, 1.807) is 18.2 Å². The van der Waals surface area contributed by atoms with Gasteiger partial charge < -0.3 is 10.1 Å². The standard InChI is InChI=1S/C23H25BrN2O4/c1-14(2)30-18-9-6-16(7-10-18)15(3)25-21(27)5-4-12-26-22(28)19-11-8-17(24)13-20(19)23(26)29/h6-11,13-15H,4-5,12H2,1-3H3,(H,25,27). The zero-order chi connectivity index (χ0) is 21.8. The first-order valence-electron chi connectivity index (χ1n) is 9.98. The minimum atomic E-state index is -0.311. The van der Waals surface area contributed by atoms with Crippen molar-refractivity contribution in [2.24, 2.45) is 0 Å². The van der Waals surface area contributed by atoms with Gasteiger partial charge >= 0.3 is 0 Å². The third kappa shape index (κ3) is 5.08. The number of fused-ring (bicyclic) bond motifs is 1. The molecule has 0 radical (unpaired) electrons. The van der Waals surface area contributed by atoms with Crippen molar-refractivity contribution in [1.29, 1.82) is 0 Å². The van der Waals surface area contributed by atoms with Gasteiger partial charge in [-0.15, -0.1) is 0 Å². The van der Waals surface area contributed by atoms with Gasteiger partial charge in [0.25, 0.3) is 11.8 Å². The summed E-state index contributed by atoms with van der Waals surface area (Å²) in [7, 11) is 0. The highest BCUT2D eigenvalue weighted by atomic mass is 79.9. The van der Waals surface area contributed by atoms with Gasteiger partial charge in [-0.1, -0.05) is 28.1 Å². The fourth-order valence-corrected chi connectivity index (χ4v) is 3.73. The van der Waals surface area contributed by atoms with E-state index in [-0.39, 0.29) is 42.8 Å². The Morgan fingerprint density at radius 1 is 1.03 bits per heavy atom. The molecule has 6 nitrogen and oxygen atoms in total. The average molecular weight is 473 g/mol. The molecule has 1 unspecified atom stereocenters. The largest absolute Gasteiger partial charge is 0.491 e. The number of carbonyl (C=O) groups is 3. The second kappa shape index (κ2) is 9.43. The molecular formula is C23H25BrN2O4. The van der Waals surface area contributed by atoms with Crippen molar-refractivity contribution >= 4 is 33.7 Å². The lowest BCUT2D eigenvalue weighted by Gasteiger charge is -2.17. The summed E-state index contributed by atoms with van der Waals surface area (Å²) in [5, 5.41) is 2.95. The summed E-state index contributed by atoms with van der Waals surface area (Å²) >= 11 is 3.32. The van der Waals surface area contributed by atoms with Crippen LogP contribution in [-0.4, -0.2) is 35.3 Å². The number of halogens is 1. The number of nitrogens with one attached hydrogen (secondary N) is 1. The molecule has 30 heavy (non-hydrogen) atoms. The van der Waals surface area contributed by atoms with Crippen LogP contribution in [0.15, 0.2) is 46.9 Å². The Morgan fingerprint density at radius 3 is 2.37 bits per heavy atom. The van der Waals surface area contributed by atoms with E-state index in [0.717, 1.165) is 15.8 Å². The Morgan fingerprint density at radius 2 is 1.70 bits per heavy atom. The normalized spacial score (nSPS) is 14.1. The summed E-state index contributed by atoms with van der Waals surface area (Å²) in [6.07, 6.45) is 0.749. The van der Waals surface area contributed by atoms with Gasteiger partial charge in [-0.25, -0.2) is 0 Å². The predicted octanol–water partition coefficient (Wildman–Crippen LogP) is 4.49. The Kier molecular flexibility index (Phi) is 6.92. The molecule has 0 fully saturated rings. The van der Waals surface area contributed by atoms with Crippen molar-refractivity contribution in [3.05, 3.63) is 63.6 Å². The molecule has 0 aromatic heterocycles. The zero-order valence-electron chi connectivity index (χ0n) is 17.3. The van der Waals surface area contributed by atoms with E-state index in [1.807, 2.05) is 45.0 Å². The van der Waals surface area contributed by atoms with E-state index in [0.29, 0.717) is 17.5 Å². The molecule has 3 amide bonds. The monoisotopic (exact) mass is 472 g/mol. The fourth-order valence-electron chi connectivity index (χ4n) is 3.37. The maximum Gasteiger partial charge on any atom is 0.261 e. The minimum Gasteiger partial charge on any atom is -0.491 e. The first-order chi connectivity index (χ1) is 14.3. The Bertz CT molecular complexity index is 956. The molecule has 2 aromatic rings. The van der Waals surface area contributed by atoms with Crippen LogP contribution in [0.4, 0.5) is 0 Å². The van der Waals surface area contributed by atoms with Crippen molar-refractivity contribution < 1.29 is 19.1 Å². The Balaban J connectivity index is 1.48. The maximum absolute atomic E-state index is 12.5. The molecule has 0 saturated heterocycles. The van der Waals surface area contributed by atoms with E-state index >= 15 is 0 Å². The molecule has 2 aromatic carbocycles. The molecule has 158 valence electrons. The third-order valence-corrected chi connectivity index (χ3v) is 5.34. The van der Waals surface area contributed by atoms with Crippen LogP contribution >= 0.6 is 15.9 Å². The number of amides is 3. The minimum absolute atomic E-state index is 0.108. The van der Waals surface area contributed by atoms with E-state index in [2.05, 4.69) is 21.2 Å². The lowest BCUT2D eigenvalue weighted by Crippen LogP contribution is -2.32. The quantitative estimate of drug-likeness (QED) is 0.574. The van der Waals surface area contributed by atoms with E-state index in [9.17, 15) is 14.4 Å². The second-order valence-electron chi connectivity index (χ2n) is 7.58. The predicted molar refractivity (Wildman–Crippen MR) is 118 cm³/mol. The zero-order valence-corrected chi connectivity index (χ0v) is 18.9. The van der Waals surface area contributed by atoms with Crippen LogP contribution in [0.2, 0.25) is 0 Å². The maximum atomic E-state index is 12.5. The topological polar surface area (TPSA) is 75.7 Å². The van der Waals surface area contributed by atoms with Gasteiger partial charge in [0, 0.05) is 17.4 Å². The van der Waals surface area contributed by atoms with Gasteiger partial charge in [-0.3, -0.25) is 19.3 Å². The highest BCUT2D eigenvalue weighted by Crippen LogP contribution is 2.26. The molecule has 0 aliphatic carbocycles. The lowest BCUT2D eigenvalue weighted by molar-refractivity contribution is -0.121. The van der Waals surface area contributed by atoms with Crippen LogP contribution in [0.1, 0.15) is 65.9 Å². The van der Waals surface area contributed by atoms with Gasteiger partial charge in [0.15, 0.2) is 0 Å². The van der Waals surface area contributed by atoms with Crippen molar-refractivity contribution in [3.8, 4) is 5.75 Å². The van der Waals surface area contributed by atoms with Gasteiger partial charge in [-0.05, 0) is 63.1 Å². The van der Waals surface area contributed by atoms with Crippen LogP contribution < -0.4 is 10.1 Å². The molecule has 1 N–H and O–H groups in total. The van der Waals surface area contributed by atoms with Gasteiger partial charge in [-0.2, -0.15) is 0 Å². The van der Waals surface area contributed by atoms with Crippen LogP contribution in [0.25, 0.3) is 0 Å². The van der Waals surface area contributed by atoms with Crippen molar-refractivity contribution in [1.82, 2.24) is 10.2 Å². The Labute approximate surface area is 184 Å².